The van der Waals surface area contributed by atoms with Crippen LogP contribution in [0.2, 0.25) is 5.15 Å². The first kappa shape index (κ1) is 11.9. The zero-order valence-corrected chi connectivity index (χ0v) is 9.66. The van der Waals surface area contributed by atoms with Crippen LogP contribution in [-0.4, -0.2) is 34.1 Å². The highest BCUT2D eigenvalue weighted by molar-refractivity contribution is 6.29. The van der Waals surface area contributed by atoms with Crippen molar-refractivity contribution < 1.29 is 4.79 Å². The predicted molar refractivity (Wildman–Crippen MR) is 58.9 cm³/mol. The Morgan fingerprint density at radius 3 is 2.60 bits per heavy atom. The summed E-state index contributed by atoms with van der Waals surface area (Å²) >= 11 is 5.59. The molecular formula is C10H14ClN3O. The molecule has 0 aliphatic carbocycles. The number of amides is 1. The van der Waals surface area contributed by atoms with Gasteiger partial charge in [0.25, 0.3) is 5.91 Å². The lowest BCUT2D eigenvalue weighted by atomic mass is 10.3. The number of carbonyl (C=O) groups is 1. The van der Waals surface area contributed by atoms with E-state index in [0.717, 1.165) is 13.0 Å². The van der Waals surface area contributed by atoms with Gasteiger partial charge in [0.1, 0.15) is 0 Å². The summed E-state index contributed by atoms with van der Waals surface area (Å²) in [4.78, 5) is 13.6. The molecule has 1 aromatic heterocycles. The Bertz CT molecular complexity index is 326. The molecular weight excluding hydrogens is 214 g/mol. The van der Waals surface area contributed by atoms with Crippen LogP contribution in [0.1, 0.15) is 30.8 Å². The first-order valence-corrected chi connectivity index (χ1v) is 5.35. The highest BCUT2D eigenvalue weighted by atomic mass is 35.5. The topological polar surface area (TPSA) is 46.1 Å². The standard InChI is InChI=1S/C10H14ClN3O/c1-3-7-14(4-2)10(15)8-5-6-9(11)13-12-8/h5-6H,3-4,7H2,1-2H3. The molecule has 0 saturated carbocycles. The Morgan fingerprint density at radius 1 is 1.40 bits per heavy atom. The first-order chi connectivity index (χ1) is 7.19. The molecule has 0 atom stereocenters. The van der Waals surface area contributed by atoms with E-state index in [1.165, 1.54) is 0 Å². The van der Waals surface area contributed by atoms with Crippen molar-refractivity contribution in [1.29, 1.82) is 0 Å². The minimum absolute atomic E-state index is 0.0940. The molecule has 0 aliphatic heterocycles. The molecule has 0 spiro atoms. The van der Waals surface area contributed by atoms with E-state index in [9.17, 15) is 4.79 Å². The quantitative estimate of drug-likeness (QED) is 0.791. The highest BCUT2D eigenvalue weighted by Crippen LogP contribution is 2.05. The van der Waals surface area contributed by atoms with E-state index in [1.54, 1.807) is 17.0 Å². The summed E-state index contributed by atoms with van der Waals surface area (Å²) in [5.41, 5.74) is 0.342. The van der Waals surface area contributed by atoms with Gasteiger partial charge in [-0.05, 0) is 25.5 Å². The van der Waals surface area contributed by atoms with E-state index in [1.807, 2.05) is 13.8 Å². The second kappa shape index (κ2) is 5.66. The number of rotatable bonds is 4. The van der Waals surface area contributed by atoms with E-state index in [2.05, 4.69) is 10.2 Å². The van der Waals surface area contributed by atoms with Crippen LogP contribution < -0.4 is 0 Å². The number of halogens is 1. The van der Waals surface area contributed by atoms with Gasteiger partial charge in [-0.2, -0.15) is 0 Å². The molecule has 0 fully saturated rings. The summed E-state index contributed by atoms with van der Waals surface area (Å²) in [6, 6.07) is 3.16. The fourth-order valence-corrected chi connectivity index (χ4v) is 1.37. The largest absolute Gasteiger partial charge is 0.338 e. The van der Waals surface area contributed by atoms with E-state index >= 15 is 0 Å². The van der Waals surface area contributed by atoms with Gasteiger partial charge >= 0.3 is 0 Å². The lowest BCUT2D eigenvalue weighted by Gasteiger charge is -2.18. The molecule has 0 saturated heterocycles. The van der Waals surface area contributed by atoms with Crippen LogP contribution in [0.3, 0.4) is 0 Å². The highest BCUT2D eigenvalue weighted by Gasteiger charge is 2.14. The second-order valence-electron chi connectivity index (χ2n) is 3.13. The van der Waals surface area contributed by atoms with Crippen molar-refractivity contribution in [3.8, 4) is 0 Å². The van der Waals surface area contributed by atoms with Crippen LogP contribution in [0.15, 0.2) is 12.1 Å². The average molecular weight is 228 g/mol. The molecule has 0 aromatic carbocycles. The molecule has 0 radical (unpaired) electrons. The Hall–Kier alpha value is -1.16. The molecule has 4 nitrogen and oxygen atoms in total. The summed E-state index contributed by atoms with van der Waals surface area (Å²) in [5, 5.41) is 7.70. The van der Waals surface area contributed by atoms with Crippen molar-refractivity contribution in [2.45, 2.75) is 20.3 Å². The normalized spacial score (nSPS) is 10.1. The van der Waals surface area contributed by atoms with Crippen LogP contribution in [0, 0.1) is 0 Å². The van der Waals surface area contributed by atoms with E-state index in [0.29, 0.717) is 17.4 Å². The van der Waals surface area contributed by atoms with Gasteiger partial charge in [-0.15, -0.1) is 10.2 Å². The van der Waals surface area contributed by atoms with Crippen LogP contribution >= 0.6 is 11.6 Å². The minimum atomic E-state index is -0.0940. The van der Waals surface area contributed by atoms with E-state index in [-0.39, 0.29) is 5.91 Å². The molecule has 0 N–H and O–H groups in total. The Morgan fingerprint density at radius 2 is 2.13 bits per heavy atom. The summed E-state index contributed by atoms with van der Waals surface area (Å²) in [6.07, 6.45) is 0.931. The SMILES string of the molecule is CCCN(CC)C(=O)c1ccc(Cl)nn1. The Kier molecular flexibility index (Phi) is 4.49. The zero-order valence-electron chi connectivity index (χ0n) is 8.90. The number of nitrogens with zero attached hydrogens (tertiary/aromatic N) is 3. The fraction of sp³-hybridized carbons (Fsp3) is 0.500. The Balaban J connectivity index is 2.78. The lowest BCUT2D eigenvalue weighted by Crippen LogP contribution is -2.32. The van der Waals surface area contributed by atoms with E-state index < -0.39 is 0 Å². The second-order valence-corrected chi connectivity index (χ2v) is 3.51. The smallest absolute Gasteiger partial charge is 0.274 e. The van der Waals surface area contributed by atoms with Gasteiger partial charge in [0.2, 0.25) is 0 Å². The Labute approximate surface area is 94.3 Å². The van der Waals surface area contributed by atoms with E-state index in [4.69, 9.17) is 11.6 Å². The maximum atomic E-state index is 11.9. The third kappa shape index (κ3) is 3.16. The minimum Gasteiger partial charge on any atom is -0.338 e. The summed E-state index contributed by atoms with van der Waals surface area (Å²) in [7, 11) is 0. The molecule has 0 unspecified atom stereocenters. The maximum Gasteiger partial charge on any atom is 0.274 e. The van der Waals surface area contributed by atoms with Crippen molar-refractivity contribution in [3.05, 3.63) is 23.0 Å². The monoisotopic (exact) mass is 227 g/mol. The van der Waals surface area contributed by atoms with Crippen LogP contribution in [0.5, 0.6) is 0 Å². The summed E-state index contributed by atoms with van der Waals surface area (Å²) in [6.45, 7) is 5.39. The van der Waals surface area contributed by atoms with Gasteiger partial charge in [0, 0.05) is 13.1 Å². The van der Waals surface area contributed by atoms with Gasteiger partial charge in [-0.25, -0.2) is 0 Å². The van der Waals surface area contributed by atoms with Crippen molar-refractivity contribution >= 4 is 17.5 Å². The van der Waals surface area contributed by atoms with Crippen LogP contribution in [0.4, 0.5) is 0 Å². The molecule has 15 heavy (non-hydrogen) atoms. The van der Waals surface area contributed by atoms with Gasteiger partial charge in [0.05, 0.1) is 0 Å². The number of carbonyl (C=O) groups excluding carboxylic acids is 1. The molecule has 82 valence electrons. The summed E-state index contributed by atoms with van der Waals surface area (Å²) in [5.74, 6) is -0.0940. The molecule has 1 amide bonds. The summed E-state index contributed by atoms with van der Waals surface area (Å²) < 4.78 is 0. The zero-order chi connectivity index (χ0) is 11.3. The van der Waals surface area contributed by atoms with Crippen molar-refractivity contribution in [3.63, 3.8) is 0 Å². The number of aromatic nitrogens is 2. The lowest BCUT2D eigenvalue weighted by molar-refractivity contribution is 0.0757. The first-order valence-electron chi connectivity index (χ1n) is 4.97. The van der Waals surface area contributed by atoms with Gasteiger partial charge in [-0.1, -0.05) is 18.5 Å². The van der Waals surface area contributed by atoms with Crippen LogP contribution in [0.25, 0.3) is 0 Å². The maximum absolute atomic E-state index is 11.9. The van der Waals surface area contributed by atoms with Crippen molar-refractivity contribution in [2.75, 3.05) is 13.1 Å². The molecule has 1 aromatic rings. The molecule has 1 rings (SSSR count). The molecule has 0 aliphatic rings. The molecule has 1 heterocycles. The van der Waals surface area contributed by atoms with Gasteiger partial charge in [-0.3, -0.25) is 4.79 Å². The van der Waals surface area contributed by atoms with Crippen LogP contribution in [-0.2, 0) is 0 Å². The fourth-order valence-electron chi connectivity index (χ4n) is 1.27. The molecule has 0 bridgehead atoms. The number of hydrogen-bond acceptors (Lipinski definition) is 3. The number of hydrogen-bond donors (Lipinski definition) is 0. The average Bonchev–Trinajstić information content (AvgIpc) is 2.26. The third-order valence-corrected chi connectivity index (χ3v) is 2.22. The van der Waals surface area contributed by atoms with Crippen molar-refractivity contribution in [1.82, 2.24) is 15.1 Å². The third-order valence-electron chi connectivity index (χ3n) is 2.01. The molecule has 5 heteroatoms. The van der Waals surface area contributed by atoms with Gasteiger partial charge in [0.15, 0.2) is 10.8 Å². The van der Waals surface area contributed by atoms with Gasteiger partial charge < -0.3 is 4.90 Å². The predicted octanol–water partition coefficient (Wildman–Crippen LogP) is 2.00. The van der Waals surface area contributed by atoms with Crippen molar-refractivity contribution in [2.24, 2.45) is 0 Å².